The summed E-state index contributed by atoms with van der Waals surface area (Å²) in [5, 5.41) is 3.43. The summed E-state index contributed by atoms with van der Waals surface area (Å²) in [4.78, 5) is 12.9. The maximum absolute atomic E-state index is 13.8. The van der Waals surface area contributed by atoms with Crippen LogP contribution < -0.4 is 4.74 Å². The van der Waals surface area contributed by atoms with E-state index in [1.807, 2.05) is 12.1 Å². The molecule has 0 unspecified atom stereocenters. The molecule has 27 heavy (non-hydrogen) atoms. The zero-order chi connectivity index (χ0) is 19.6. The Bertz CT molecular complexity index is 896. The van der Waals surface area contributed by atoms with Gasteiger partial charge in [-0.15, -0.1) is 0 Å². The summed E-state index contributed by atoms with van der Waals surface area (Å²) in [5.41, 5.74) is 1.15. The van der Waals surface area contributed by atoms with Crippen LogP contribution in [0.2, 0.25) is 5.02 Å². The van der Waals surface area contributed by atoms with Crippen LogP contribution in [-0.2, 0) is 11.4 Å². The molecular weight excluding hydrogens is 407 g/mol. The third-order valence-corrected chi connectivity index (χ3v) is 5.43. The maximum Gasteiger partial charge on any atom is 0.280 e. The number of hydrazine groups is 1. The summed E-state index contributed by atoms with van der Waals surface area (Å²) < 4.78 is 19.9. The molecule has 0 bridgehead atoms. The van der Waals surface area contributed by atoms with E-state index in [4.69, 9.17) is 28.6 Å². The minimum atomic E-state index is -0.401. The SMILES string of the molecule is CN(C)N1C(=O)C(=Cc2ccc(OCc3c(F)cccc3Cl)cc2)SC1=S. The molecule has 8 heteroatoms. The molecule has 1 aliphatic heterocycles. The fraction of sp³-hybridized carbons (Fsp3) is 0.158. The van der Waals surface area contributed by atoms with Gasteiger partial charge in [0.1, 0.15) is 18.2 Å². The predicted molar refractivity (Wildman–Crippen MR) is 111 cm³/mol. The summed E-state index contributed by atoms with van der Waals surface area (Å²) in [7, 11) is 3.53. The molecule has 0 aromatic heterocycles. The van der Waals surface area contributed by atoms with Gasteiger partial charge in [-0.1, -0.05) is 53.8 Å². The monoisotopic (exact) mass is 422 g/mol. The molecule has 1 heterocycles. The van der Waals surface area contributed by atoms with Crippen LogP contribution in [0.1, 0.15) is 11.1 Å². The van der Waals surface area contributed by atoms with Gasteiger partial charge in [0.2, 0.25) is 0 Å². The molecule has 1 aliphatic rings. The van der Waals surface area contributed by atoms with Gasteiger partial charge < -0.3 is 4.74 Å². The highest BCUT2D eigenvalue weighted by Crippen LogP contribution is 2.33. The first kappa shape index (κ1) is 19.8. The number of nitrogens with zero attached hydrogens (tertiary/aromatic N) is 2. The van der Waals surface area contributed by atoms with E-state index in [0.29, 0.717) is 25.6 Å². The van der Waals surface area contributed by atoms with Crippen LogP contribution in [0.25, 0.3) is 6.08 Å². The largest absolute Gasteiger partial charge is 0.489 e. The summed E-state index contributed by atoms with van der Waals surface area (Å²) in [6, 6.07) is 11.7. The van der Waals surface area contributed by atoms with Crippen molar-refractivity contribution in [2.45, 2.75) is 6.61 Å². The average Bonchev–Trinajstić information content (AvgIpc) is 2.89. The first-order valence-corrected chi connectivity index (χ1v) is 9.58. The second-order valence-corrected chi connectivity index (χ2v) is 7.98. The van der Waals surface area contributed by atoms with Crippen molar-refractivity contribution >= 4 is 51.9 Å². The lowest BCUT2D eigenvalue weighted by molar-refractivity contribution is -0.130. The van der Waals surface area contributed by atoms with Gasteiger partial charge in [-0.25, -0.2) is 14.4 Å². The van der Waals surface area contributed by atoms with Gasteiger partial charge in [0.15, 0.2) is 4.32 Å². The molecule has 2 aromatic rings. The first-order valence-electron chi connectivity index (χ1n) is 7.98. The lowest BCUT2D eigenvalue weighted by Gasteiger charge is -2.21. The zero-order valence-corrected chi connectivity index (χ0v) is 17.0. The van der Waals surface area contributed by atoms with Crippen molar-refractivity contribution in [1.29, 1.82) is 0 Å². The number of benzene rings is 2. The van der Waals surface area contributed by atoms with Gasteiger partial charge in [-0.05, 0) is 35.9 Å². The minimum absolute atomic E-state index is 0.0341. The lowest BCUT2D eigenvalue weighted by Crippen LogP contribution is -2.39. The van der Waals surface area contributed by atoms with E-state index in [1.165, 1.54) is 22.8 Å². The number of carbonyl (C=O) groups is 1. The number of amides is 1. The van der Waals surface area contributed by atoms with Crippen LogP contribution in [0, 0.1) is 5.82 Å². The molecule has 2 aromatic carbocycles. The molecule has 1 saturated heterocycles. The van der Waals surface area contributed by atoms with Crippen molar-refractivity contribution in [3.8, 4) is 5.75 Å². The molecule has 3 rings (SSSR count). The Hall–Kier alpha value is -1.93. The normalized spacial score (nSPS) is 15.9. The van der Waals surface area contributed by atoms with Gasteiger partial charge in [0.05, 0.1) is 9.93 Å². The van der Waals surface area contributed by atoms with Crippen molar-refractivity contribution in [2.24, 2.45) is 0 Å². The highest BCUT2D eigenvalue weighted by molar-refractivity contribution is 8.26. The summed E-state index contributed by atoms with van der Waals surface area (Å²) >= 11 is 12.5. The highest BCUT2D eigenvalue weighted by Gasteiger charge is 2.33. The van der Waals surface area contributed by atoms with Gasteiger partial charge in [-0.2, -0.15) is 0 Å². The van der Waals surface area contributed by atoms with Crippen LogP contribution in [-0.4, -0.2) is 34.3 Å². The minimum Gasteiger partial charge on any atom is -0.489 e. The smallest absolute Gasteiger partial charge is 0.280 e. The quantitative estimate of drug-likeness (QED) is 0.513. The van der Waals surface area contributed by atoms with Crippen molar-refractivity contribution in [3.63, 3.8) is 0 Å². The van der Waals surface area contributed by atoms with Crippen molar-refractivity contribution in [2.75, 3.05) is 14.1 Å². The molecule has 140 valence electrons. The van der Waals surface area contributed by atoms with E-state index in [1.54, 1.807) is 49.4 Å². The molecule has 0 atom stereocenters. The number of hydrogen-bond acceptors (Lipinski definition) is 5. The third kappa shape index (κ3) is 4.50. The van der Waals surface area contributed by atoms with Gasteiger partial charge in [0, 0.05) is 19.7 Å². The topological polar surface area (TPSA) is 32.8 Å². The second-order valence-electron chi connectivity index (χ2n) is 5.90. The Morgan fingerprint density at radius 1 is 1.26 bits per heavy atom. The molecule has 0 N–H and O–H groups in total. The molecule has 1 fully saturated rings. The molecular formula is C19H16ClFN2O2S2. The Morgan fingerprint density at radius 3 is 2.56 bits per heavy atom. The number of thiocarbonyl (C=S) groups is 1. The predicted octanol–water partition coefficient (Wildman–Crippen LogP) is 4.74. The Morgan fingerprint density at radius 2 is 1.96 bits per heavy atom. The van der Waals surface area contributed by atoms with Crippen LogP contribution in [0.3, 0.4) is 0 Å². The molecule has 0 aliphatic carbocycles. The average molecular weight is 423 g/mol. The number of ether oxygens (including phenoxy) is 1. The van der Waals surface area contributed by atoms with E-state index in [-0.39, 0.29) is 12.5 Å². The molecule has 0 spiro atoms. The maximum atomic E-state index is 13.8. The Labute approximate surface area is 171 Å². The zero-order valence-electron chi connectivity index (χ0n) is 14.6. The third-order valence-electron chi connectivity index (χ3n) is 3.80. The van der Waals surface area contributed by atoms with Crippen molar-refractivity contribution in [1.82, 2.24) is 10.0 Å². The van der Waals surface area contributed by atoms with Crippen LogP contribution in [0.4, 0.5) is 4.39 Å². The van der Waals surface area contributed by atoms with E-state index >= 15 is 0 Å². The fourth-order valence-corrected chi connectivity index (χ4v) is 4.06. The highest BCUT2D eigenvalue weighted by atomic mass is 35.5. The van der Waals surface area contributed by atoms with Gasteiger partial charge in [0.25, 0.3) is 5.91 Å². The molecule has 0 radical (unpaired) electrons. The van der Waals surface area contributed by atoms with Crippen molar-refractivity contribution in [3.05, 3.63) is 69.3 Å². The van der Waals surface area contributed by atoms with Gasteiger partial charge >= 0.3 is 0 Å². The molecule has 0 saturated carbocycles. The summed E-state index contributed by atoms with van der Waals surface area (Å²) in [6.45, 7) is 0.0341. The molecule has 1 amide bonds. The number of halogens is 2. The summed E-state index contributed by atoms with van der Waals surface area (Å²) in [5.74, 6) is 0.0267. The van der Waals surface area contributed by atoms with E-state index in [9.17, 15) is 9.18 Å². The van der Waals surface area contributed by atoms with Crippen LogP contribution in [0.5, 0.6) is 5.75 Å². The Balaban J connectivity index is 1.69. The number of carbonyl (C=O) groups excluding carboxylic acids is 1. The van der Waals surface area contributed by atoms with Gasteiger partial charge in [-0.3, -0.25) is 4.79 Å². The Kier molecular flexibility index (Phi) is 6.16. The number of rotatable bonds is 5. The number of thioether (sulfide) groups is 1. The van der Waals surface area contributed by atoms with Crippen LogP contribution in [0.15, 0.2) is 47.4 Å². The lowest BCUT2D eigenvalue weighted by atomic mass is 10.2. The van der Waals surface area contributed by atoms with Crippen LogP contribution >= 0.6 is 35.6 Å². The first-order chi connectivity index (χ1) is 12.9. The van der Waals surface area contributed by atoms with E-state index in [2.05, 4.69) is 0 Å². The molecule has 4 nitrogen and oxygen atoms in total. The second kappa shape index (κ2) is 8.39. The fourth-order valence-electron chi connectivity index (χ4n) is 2.44. The van der Waals surface area contributed by atoms with E-state index < -0.39 is 5.82 Å². The summed E-state index contributed by atoms with van der Waals surface area (Å²) in [6.07, 6.45) is 1.78. The van der Waals surface area contributed by atoms with Crippen molar-refractivity contribution < 1.29 is 13.9 Å². The van der Waals surface area contributed by atoms with E-state index in [0.717, 1.165) is 5.56 Å². The standard InChI is InChI=1S/C19H16ClFN2O2S2/c1-22(2)23-18(24)17(27-19(23)26)10-12-6-8-13(9-7-12)25-11-14-15(20)4-3-5-16(14)21/h3-10H,11H2,1-2H3. The number of hydrogen-bond donors (Lipinski definition) is 0.